The molecule has 1 saturated carbocycles. The van der Waals surface area contributed by atoms with Crippen molar-refractivity contribution in [1.82, 2.24) is 4.57 Å². The highest BCUT2D eigenvalue weighted by Gasteiger charge is 2.33. The first kappa shape index (κ1) is 19.1. The van der Waals surface area contributed by atoms with Gasteiger partial charge in [0.2, 0.25) is 5.43 Å². The van der Waals surface area contributed by atoms with Crippen LogP contribution in [-0.4, -0.2) is 33.5 Å². The molecule has 0 spiro atoms. The lowest BCUT2D eigenvalue weighted by Gasteiger charge is -2.40. The van der Waals surface area contributed by atoms with Crippen LogP contribution in [0.25, 0.3) is 10.9 Å². The van der Waals surface area contributed by atoms with Gasteiger partial charge in [0.15, 0.2) is 0 Å². The van der Waals surface area contributed by atoms with Gasteiger partial charge in [-0.2, -0.15) is 0 Å². The van der Waals surface area contributed by atoms with E-state index < -0.39 is 11.4 Å². The van der Waals surface area contributed by atoms with E-state index in [0.717, 1.165) is 32.1 Å². The number of aromatic hydroxyl groups is 1. The lowest BCUT2D eigenvalue weighted by Crippen LogP contribution is -2.48. The first-order valence-corrected chi connectivity index (χ1v) is 10.1. The van der Waals surface area contributed by atoms with Gasteiger partial charge in [0.05, 0.1) is 22.1 Å². The average molecular weight is 406 g/mol. The summed E-state index contributed by atoms with van der Waals surface area (Å²) in [6, 6.07) is 1.45. The summed E-state index contributed by atoms with van der Waals surface area (Å²) in [4.78, 5) is 26.2. The number of anilines is 1. The van der Waals surface area contributed by atoms with E-state index in [1.807, 2.05) is 4.90 Å². The number of hydrogen-bond donors (Lipinski definition) is 3. The highest BCUT2D eigenvalue weighted by Crippen LogP contribution is 2.45. The van der Waals surface area contributed by atoms with E-state index in [9.17, 15) is 19.8 Å². The molecule has 2 unspecified atom stereocenters. The van der Waals surface area contributed by atoms with E-state index in [0.29, 0.717) is 23.7 Å². The number of fused-ring (bicyclic) bond motifs is 1. The molecule has 2 aliphatic rings. The van der Waals surface area contributed by atoms with Gasteiger partial charge in [-0.1, -0.05) is 24.9 Å². The Bertz CT molecular complexity index is 1010. The van der Waals surface area contributed by atoms with Crippen LogP contribution in [0.15, 0.2) is 17.1 Å². The number of halogens is 1. The van der Waals surface area contributed by atoms with Crippen LogP contribution in [0.4, 0.5) is 5.69 Å². The number of phenols is 1. The van der Waals surface area contributed by atoms with Gasteiger partial charge >= 0.3 is 5.97 Å². The number of hydrogen-bond acceptors (Lipinski definition) is 5. The van der Waals surface area contributed by atoms with Gasteiger partial charge in [-0.3, -0.25) is 4.79 Å². The van der Waals surface area contributed by atoms with E-state index in [1.54, 1.807) is 4.57 Å². The highest BCUT2D eigenvalue weighted by atomic mass is 35.5. The lowest BCUT2D eigenvalue weighted by molar-refractivity contribution is 0.0695. The Hall–Kier alpha value is -2.25. The average Bonchev–Trinajstić information content (AvgIpc) is 3.48. The van der Waals surface area contributed by atoms with Crippen molar-refractivity contribution >= 4 is 34.2 Å². The fraction of sp³-hybridized carbons (Fsp3) is 0.500. The topological polar surface area (TPSA) is 109 Å². The summed E-state index contributed by atoms with van der Waals surface area (Å²) in [7, 11) is 0. The number of piperidine rings is 1. The standard InChI is InChI=1S/C20H24ClN3O4/c1-2-10-3-6-15(22)24(8-10)18-14(25)7-12-17(16(18)21)23(11-4-5-11)9-13(19(12)26)20(27)28/h7,9-11,15,25H,2-6,8,22H2,1H3,(H,27,28). The third-order valence-electron chi connectivity index (χ3n) is 5.97. The van der Waals surface area contributed by atoms with Crippen LogP contribution in [0.2, 0.25) is 5.02 Å². The number of carboxylic acid groups (broad SMARTS) is 1. The number of nitrogens with two attached hydrogens (primary N) is 1. The number of aromatic carboxylic acids is 1. The molecule has 150 valence electrons. The van der Waals surface area contributed by atoms with Gasteiger partial charge < -0.3 is 25.4 Å². The predicted octanol–water partition coefficient (Wildman–Crippen LogP) is 3.30. The fourth-order valence-electron chi connectivity index (χ4n) is 4.17. The van der Waals surface area contributed by atoms with Crippen LogP contribution < -0.4 is 16.1 Å². The number of carbonyl (C=O) groups is 1. The summed E-state index contributed by atoms with van der Waals surface area (Å²) in [6.07, 6.45) is 5.71. The number of pyridine rings is 1. The SMILES string of the molecule is CCC1CCC(N)N(c2c(O)cc3c(=O)c(C(=O)O)cn(C4CC4)c3c2Cl)C1. The molecule has 1 aliphatic heterocycles. The molecule has 0 amide bonds. The maximum atomic E-state index is 12.7. The molecule has 0 bridgehead atoms. The van der Waals surface area contributed by atoms with Gasteiger partial charge in [0.1, 0.15) is 17.0 Å². The molecule has 1 saturated heterocycles. The summed E-state index contributed by atoms with van der Waals surface area (Å²) in [5.41, 5.74) is 6.26. The monoisotopic (exact) mass is 405 g/mol. The molecule has 2 heterocycles. The van der Waals surface area contributed by atoms with Crippen molar-refractivity contribution in [3.05, 3.63) is 33.1 Å². The van der Waals surface area contributed by atoms with Gasteiger partial charge in [0.25, 0.3) is 0 Å². The second kappa shape index (κ2) is 6.97. The van der Waals surface area contributed by atoms with Crippen molar-refractivity contribution in [3.63, 3.8) is 0 Å². The van der Waals surface area contributed by atoms with E-state index in [1.165, 1.54) is 12.3 Å². The Kier molecular flexibility index (Phi) is 4.75. The van der Waals surface area contributed by atoms with E-state index in [4.69, 9.17) is 17.3 Å². The Morgan fingerprint density at radius 3 is 2.64 bits per heavy atom. The molecule has 2 fully saturated rings. The molecule has 7 nitrogen and oxygen atoms in total. The molecule has 2 aromatic rings. The Morgan fingerprint density at radius 2 is 2.04 bits per heavy atom. The van der Waals surface area contributed by atoms with E-state index in [-0.39, 0.29) is 33.9 Å². The maximum Gasteiger partial charge on any atom is 0.341 e. The first-order valence-electron chi connectivity index (χ1n) is 9.69. The van der Waals surface area contributed by atoms with Crippen LogP contribution in [-0.2, 0) is 0 Å². The summed E-state index contributed by atoms with van der Waals surface area (Å²) in [5, 5.41) is 20.5. The zero-order chi connectivity index (χ0) is 20.2. The summed E-state index contributed by atoms with van der Waals surface area (Å²) in [5.74, 6) is -0.984. The zero-order valence-electron chi connectivity index (χ0n) is 15.7. The number of phenolic OH excluding ortho intramolecular Hbond substituents is 1. The number of aromatic nitrogens is 1. The molecule has 0 radical (unpaired) electrons. The molecular formula is C20H24ClN3O4. The Morgan fingerprint density at radius 1 is 1.32 bits per heavy atom. The normalized spacial score (nSPS) is 22.6. The molecular weight excluding hydrogens is 382 g/mol. The van der Waals surface area contributed by atoms with E-state index in [2.05, 4.69) is 6.92 Å². The number of benzene rings is 1. The third-order valence-corrected chi connectivity index (χ3v) is 6.33. The minimum absolute atomic E-state index is 0.106. The van der Waals surface area contributed by atoms with E-state index >= 15 is 0 Å². The molecule has 2 atom stereocenters. The summed E-state index contributed by atoms with van der Waals surface area (Å²) in [6.45, 7) is 2.80. The molecule has 1 aromatic heterocycles. The van der Waals surface area contributed by atoms with Crippen LogP contribution in [0, 0.1) is 5.92 Å². The van der Waals surface area contributed by atoms with Crippen molar-refractivity contribution in [3.8, 4) is 5.75 Å². The molecule has 4 rings (SSSR count). The number of nitrogens with zero attached hydrogens (tertiary/aromatic N) is 2. The lowest BCUT2D eigenvalue weighted by atomic mass is 9.93. The molecule has 28 heavy (non-hydrogen) atoms. The van der Waals surface area contributed by atoms with Crippen LogP contribution in [0.1, 0.15) is 55.4 Å². The maximum absolute atomic E-state index is 12.7. The molecule has 4 N–H and O–H groups in total. The zero-order valence-corrected chi connectivity index (χ0v) is 16.4. The summed E-state index contributed by atoms with van der Waals surface area (Å²) < 4.78 is 1.78. The highest BCUT2D eigenvalue weighted by molar-refractivity contribution is 6.38. The summed E-state index contributed by atoms with van der Waals surface area (Å²) >= 11 is 6.75. The molecule has 8 heteroatoms. The smallest absolute Gasteiger partial charge is 0.341 e. The fourth-order valence-corrected chi connectivity index (χ4v) is 4.58. The van der Waals surface area contributed by atoms with Gasteiger partial charge in [-0.15, -0.1) is 0 Å². The van der Waals surface area contributed by atoms with Crippen molar-refractivity contribution in [1.29, 1.82) is 0 Å². The van der Waals surface area contributed by atoms with Crippen LogP contribution in [0.5, 0.6) is 5.75 Å². The van der Waals surface area contributed by atoms with Gasteiger partial charge in [-0.25, -0.2) is 4.79 Å². The number of carboxylic acids is 1. The van der Waals surface area contributed by atoms with Crippen molar-refractivity contribution in [2.75, 3.05) is 11.4 Å². The quantitative estimate of drug-likeness (QED) is 0.720. The number of rotatable bonds is 4. The van der Waals surface area contributed by atoms with Gasteiger partial charge in [-0.05, 0) is 37.7 Å². The predicted molar refractivity (Wildman–Crippen MR) is 108 cm³/mol. The van der Waals surface area contributed by atoms with Crippen molar-refractivity contribution in [2.45, 2.75) is 51.2 Å². The van der Waals surface area contributed by atoms with Gasteiger partial charge in [0, 0.05) is 18.8 Å². The third kappa shape index (κ3) is 3.02. The van der Waals surface area contributed by atoms with Crippen molar-refractivity contribution in [2.24, 2.45) is 11.7 Å². The van der Waals surface area contributed by atoms with Crippen molar-refractivity contribution < 1.29 is 15.0 Å². The second-order valence-electron chi connectivity index (χ2n) is 7.84. The van der Waals surface area contributed by atoms with Crippen LogP contribution in [0.3, 0.4) is 0 Å². The minimum atomic E-state index is -1.29. The molecule has 1 aliphatic carbocycles. The Balaban J connectivity index is 1.97. The Labute approximate surface area is 167 Å². The second-order valence-corrected chi connectivity index (χ2v) is 8.22. The largest absolute Gasteiger partial charge is 0.506 e. The first-order chi connectivity index (χ1) is 13.3. The molecule has 1 aromatic carbocycles. The van der Waals surface area contributed by atoms with Crippen LogP contribution >= 0.6 is 11.6 Å². The minimum Gasteiger partial charge on any atom is -0.506 e.